The van der Waals surface area contributed by atoms with E-state index in [1.807, 2.05) is 13.0 Å². The topological polar surface area (TPSA) is 106 Å². The molecule has 2 heterocycles. The van der Waals surface area contributed by atoms with Crippen LogP contribution in [0.1, 0.15) is 57.4 Å². The van der Waals surface area contributed by atoms with E-state index >= 15 is 0 Å². The lowest BCUT2D eigenvalue weighted by Crippen LogP contribution is -2.59. The highest BCUT2D eigenvalue weighted by molar-refractivity contribution is 6.14. The molecule has 32 heavy (non-hydrogen) atoms. The number of hydrogen-bond donors (Lipinski definition) is 0. The molecule has 1 aliphatic heterocycles. The first-order valence-electron chi connectivity index (χ1n) is 11.1. The van der Waals surface area contributed by atoms with Crippen molar-refractivity contribution < 1.29 is 28.7 Å². The van der Waals surface area contributed by atoms with Gasteiger partial charge in [0, 0.05) is 24.3 Å². The number of rotatable bonds is 8. The summed E-state index contributed by atoms with van der Waals surface area (Å²) >= 11 is 0. The molecular formula is C23H31N3O6. The van der Waals surface area contributed by atoms with E-state index in [9.17, 15) is 19.2 Å². The second-order valence-electron chi connectivity index (χ2n) is 8.47. The maximum Gasteiger partial charge on any atom is 0.333 e. The van der Waals surface area contributed by atoms with Crippen molar-refractivity contribution in [3.05, 3.63) is 23.9 Å². The molecule has 3 rings (SSSR count). The third kappa shape index (κ3) is 4.61. The Kier molecular flexibility index (Phi) is 7.48. The number of carbonyl (C=O) groups is 4. The van der Waals surface area contributed by atoms with Crippen molar-refractivity contribution in [1.82, 2.24) is 14.8 Å². The van der Waals surface area contributed by atoms with Crippen LogP contribution in [0.25, 0.3) is 0 Å². The molecule has 0 bridgehead atoms. The third-order valence-electron chi connectivity index (χ3n) is 6.51. The molecule has 0 N–H and O–H groups in total. The third-order valence-corrected chi connectivity index (χ3v) is 6.51. The van der Waals surface area contributed by atoms with Gasteiger partial charge in [0.25, 0.3) is 0 Å². The fourth-order valence-corrected chi connectivity index (χ4v) is 4.74. The number of barbiturate groups is 1. The Labute approximate surface area is 188 Å². The van der Waals surface area contributed by atoms with Crippen LogP contribution in [0.5, 0.6) is 5.88 Å². The largest absolute Gasteiger partial charge is 0.481 e. The van der Waals surface area contributed by atoms with Gasteiger partial charge in [0.1, 0.15) is 6.42 Å². The number of nitrogens with zero attached hydrogens (tertiary/aromatic N) is 3. The first-order chi connectivity index (χ1) is 15.4. The average Bonchev–Trinajstić information content (AvgIpc) is 2.79. The summed E-state index contributed by atoms with van der Waals surface area (Å²) in [5, 5.41) is 0. The second kappa shape index (κ2) is 10.1. The van der Waals surface area contributed by atoms with Crippen molar-refractivity contribution in [3.63, 3.8) is 0 Å². The lowest BCUT2D eigenvalue weighted by atomic mass is 9.68. The Morgan fingerprint density at radius 2 is 1.91 bits per heavy atom. The number of imide groups is 2. The van der Waals surface area contributed by atoms with Gasteiger partial charge in [0.2, 0.25) is 17.7 Å². The Morgan fingerprint density at radius 3 is 2.53 bits per heavy atom. The number of urea groups is 1. The summed E-state index contributed by atoms with van der Waals surface area (Å²) in [5.74, 6) is -0.757. The summed E-state index contributed by atoms with van der Waals surface area (Å²) in [6.45, 7) is 2.30. The Morgan fingerprint density at radius 1 is 1.19 bits per heavy atom. The van der Waals surface area contributed by atoms with Gasteiger partial charge in [0.05, 0.1) is 19.6 Å². The lowest BCUT2D eigenvalue weighted by Gasteiger charge is -2.43. The summed E-state index contributed by atoms with van der Waals surface area (Å²) in [6, 6.07) is 2.78. The van der Waals surface area contributed by atoms with Gasteiger partial charge < -0.3 is 9.47 Å². The number of esters is 1. The highest BCUT2D eigenvalue weighted by Crippen LogP contribution is 2.43. The smallest absolute Gasteiger partial charge is 0.333 e. The van der Waals surface area contributed by atoms with Crippen molar-refractivity contribution in [3.8, 4) is 5.88 Å². The molecule has 1 saturated heterocycles. The van der Waals surface area contributed by atoms with Gasteiger partial charge in [-0.2, -0.15) is 0 Å². The van der Waals surface area contributed by atoms with Crippen molar-refractivity contribution in [2.24, 2.45) is 5.41 Å². The monoisotopic (exact) mass is 445 g/mol. The van der Waals surface area contributed by atoms with Gasteiger partial charge in [-0.3, -0.25) is 24.2 Å². The van der Waals surface area contributed by atoms with E-state index in [0.29, 0.717) is 50.9 Å². The van der Waals surface area contributed by atoms with Crippen LogP contribution in [-0.4, -0.2) is 65.4 Å². The molecule has 0 atom stereocenters. The summed E-state index contributed by atoms with van der Waals surface area (Å²) in [5.41, 5.74) is 0.0153. The number of carbonyl (C=O) groups excluding carboxylic acids is 4. The van der Waals surface area contributed by atoms with Crippen LogP contribution in [0.15, 0.2) is 18.3 Å². The minimum absolute atomic E-state index is 0.291. The van der Waals surface area contributed by atoms with Crippen molar-refractivity contribution in [2.75, 3.05) is 20.8 Å². The maximum atomic E-state index is 13.0. The van der Waals surface area contributed by atoms with Crippen LogP contribution >= 0.6 is 0 Å². The molecule has 0 spiro atoms. The number of ether oxygens (including phenoxy) is 2. The molecule has 1 aromatic heterocycles. The van der Waals surface area contributed by atoms with Gasteiger partial charge >= 0.3 is 12.0 Å². The summed E-state index contributed by atoms with van der Waals surface area (Å²) in [6.07, 6.45) is 5.09. The van der Waals surface area contributed by atoms with Gasteiger partial charge in [-0.15, -0.1) is 0 Å². The summed E-state index contributed by atoms with van der Waals surface area (Å²) in [7, 11) is 2.90. The Bertz CT molecular complexity index is 878. The Balaban J connectivity index is 1.78. The molecular weight excluding hydrogens is 414 g/mol. The standard InChI is InChI=1S/C23H31N3O6/c1-4-5-13-25-18(27)14-19(28)26(22(25)30)17-8-10-23(11-9-17,21(29)32-3)15-16-7-6-12-24-20(16)31-2/h6-7,12,17H,4-5,8-11,13-15H2,1-3H3. The molecule has 1 aliphatic carbocycles. The van der Waals surface area contributed by atoms with E-state index in [0.717, 1.165) is 12.0 Å². The maximum absolute atomic E-state index is 13.0. The number of pyridine rings is 1. The minimum atomic E-state index is -0.791. The zero-order valence-electron chi connectivity index (χ0n) is 19.0. The number of hydrogen-bond acceptors (Lipinski definition) is 7. The first kappa shape index (κ1) is 23.7. The number of aromatic nitrogens is 1. The van der Waals surface area contributed by atoms with Crippen LogP contribution in [-0.2, 0) is 25.5 Å². The zero-order chi connectivity index (χ0) is 23.3. The van der Waals surface area contributed by atoms with Gasteiger partial charge in [-0.1, -0.05) is 19.4 Å². The molecule has 1 aromatic rings. The average molecular weight is 446 g/mol. The predicted octanol–water partition coefficient (Wildman–Crippen LogP) is 2.72. The highest BCUT2D eigenvalue weighted by Gasteiger charge is 2.48. The molecule has 0 radical (unpaired) electrons. The molecule has 0 aromatic carbocycles. The Hall–Kier alpha value is -2.97. The van der Waals surface area contributed by atoms with Crippen molar-refractivity contribution in [1.29, 1.82) is 0 Å². The fourth-order valence-electron chi connectivity index (χ4n) is 4.74. The lowest BCUT2D eigenvalue weighted by molar-refractivity contribution is -0.156. The zero-order valence-corrected chi connectivity index (χ0v) is 19.0. The molecule has 2 fully saturated rings. The van der Waals surface area contributed by atoms with Crippen molar-refractivity contribution in [2.45, 2.75) is 64.3 Å². The van der Waals surface area contributed by atoms with E-state index in [4.69, 9.17) is 9.47 Å². The number of amides is 4. The van der Waals surface area contributed by atoms with E-state index < -0.39 is 23.3 Å². The van der Waals surface area contributed by atoms with Gasteiger partial charge in [-0.25, -0.2) is 9.78 Å². The predicted molar refractivity (Wildman–Crippen MR) is 115 cm³/mol. The van der Waals surface area contributed by atoms with Crippen LogP contribution in [0.3, 0.4) is 0 Å². The minimum Gasteiger partial charge on any atom is -0.481 e. The van der Waals surface area contributed by atoms with Gasteiger partial charge in [-0.05, 0) is 44.6 Å². The molecule has 174 valence electrons. The molecule has 2 aliphatic rings. The van der Waals surface area contributed by atoms with Gasteiger partial charge in [0.15, 0.2) is 0 Å². The van der Waals surface area contributed by atoms with E-state index in [-0.39, 0.29) is 18.4 Å². The van der Waals surface area contributed by atoms with Crippen LogP contribution in [0.2, 0.25) is 0 Å². The summed E-state index contributed by atoms with van der Waals surface area (Å²) in [4.78, 5) is 57.3. The van der Waals surface area contributed by atoms with E-state index in [2.05, 4.69) is 4.98 Å². The van der Waals surface area contributed by atoms with Crippen LogP contribution in [0, 0.1) is 5.41 Å². The van der Waals surface area contributed by atoms with Crippen LogP contribution < -0.4 is 4.74 Å². The highest BCUT2D eigenvalue weighted by atomic mass is 16.5. The normalized spacial score (nSPS) is 24.0. The molecule has 9 heteroatoms. The SMILES string of the molecule is CCCCN1C(=O)CC(=O)N(C2CCC(Cc3cccnc3OC)(C(=O)OC)CC2)C1=O. The van der Waals surface area contributed by atoms with E-state index in [1.54, 1.807) is 12.3 Å². The first-order valence-corrected chi connectivity index (χ1v) is 11.1. The van der Waals surface area contributed by atoms with E-state index in [1.165, 1.54) is 24.0 Å². The molecule has 9 nitrogen and oxygen atoms in total. The summed E-state index contributed by atoms with van der Waals surface area (Å²) < 4.78 is 10.5. The number of unbranched alkanes of at least 4 members (excludes halogenated alkanes) is 1. The molecule has 1 saturated carbocycles. The fraction of sp³-hybridized carbons (Fsp3) is 0.609. The van der Waals surface area contributed by atoms with Crippen molar-refractivity contribution >= 4 is 23.8 Å². The second-order valence-corrected chi connectivity index (χ2v) is 8.47. The number of methoxy groups -OCH3 is 2. The quantitative estimate of drug-likeness (QED) is 0.447. The molecule has 0 unspecified atom stereocenters. The molecule has 4 amide bonds. The van der Waals surface area contributed by atoms with Crippen LogP contribution in [0.4, 0.5) is 4.79 Å².